The van der Waals surface area contributed by atoms with Crippen molar-refractivity contribution in [3.63, 3.8) is 0 Å². The van der Waals surface area contributed by atoms with Gasteiger partial charge in [-0.25, -0.2) is 0 Å². The molecule has 0 aromatic heterocycles. The first kappa shape index (κ1) is 10.4. The van der Waals surface area contributed by atoms with Crippen molar-refractivity contribution in [2.75, 3.05) is 16.0 Å². The lowest BCUT2D eigenvalue weighted by molar-refractivity contribution is 0.0909. The van der Waals surface area contributed by atoms with Gasteiger partial charge in [0.1, 0.15) is 0 Å². The Bertz CT molecular complexity index is 72.6. The smallest absolute Gasteiger partial charge is 0.0848 e. The Labute approximate surface area is 80.6 Å². The summed E-state index contributed by atoms with van der Waals surface area (Å²) in [6, 6.07) is 0. The van der Waals surface area contributed by atoms with Gasteiger partial charge in [-0.2, -0.15) is 0 Å². The third-order valence-electron chi connectivity index (χ3n) is 1.06. The van der Waals surface area contributed by atoms with Crippen LogP contribution in [0.25, 0.3) is 0 Å². The van der Waals surface area contributed by atoms with E-state index in [1.807, 2.05) is 0 Å². The molecule has 0 saturated heterocycles. The maximum absolute atomic E-state index is 9.50. The fraction of sp³-hybridized carbons (Fsp3) is 1.00. The molecule has 0 radical (unpaired) electrons. The summed E-state index contributed by atoms with van der Waals surface area (Å²) in [6.07, 6.45) is 0.767. The lowest BCUT2D eigenvalue weighted by atomic mass is 10.1. The van der Waals surface area contributed by atoms with Gasteiger partial charge in [0.05, 0.1) is 5.60 Å². The lowest BCUT2D eigenvalue weighted by Crippen LogP contribution is -2.32. The van der Waals surface area contributed by atoms with Crippen molar-refractivity contribution in [2.45, 2.75) is 12.0 Å². The maximum Gasteiger partial charge on any atom is 0.0848 e. The van der Waals surface area contributed by atoms with Gasteiger partial charge in [0, 0.05) is 16.0 Å². The van der Waals surface area contributed by atoms with Crippen molar-refractivity contribution in [2.24, 2.45) is 0 Å². The van der Waals surface area contributed by atoms with Gasteiger partial charge in [0.15, 0.2) is 0 Å². The summed E-state index contributed by atoms with van der Waals surface area (Å²) in [5.41, 5.74) is -0.580. The van der Waals surface area contributed by atoms with Gasteiger partial charge >= 0.3 is 0 Å². The van der Waals surface area contributed by atoms with E-state index in [0.29, 0.717) is 10.7 Å². The summed E-state index contributed by atoms with van der Waals surface area (Å²) in [5, 5.41) is 11.6. The maximum atomic E-state index is 9.50. The second-order valence-electron chi connectivity index (χ2n) is 1.93. The van der Waals surface area contributed by atoms with Gasteiger partial charge in [-0.1, -0.05) is 47.8 Å². The van der Waals surface area contributed by atoms with Crippen molar-refractivity contribution in [1.29, 1.82) is 0 Å². The summed E-state index contributed by atoms with van der Waals surface area (Å²) in [4.78, 5) is 0. The van der Waals surface area contributed by atoms with Gasteiger partial charge in [-0.15, -0.1) is 0 Å². The molecule has 0 aromatic carbocycles. The molecule has 0 spiro atoms. The number of hydrogen-bond donors (Lipinski definition) is 1. The molecule has 9 heavy (non-hydrogen) atoms. The molecule has 0 bridgehead atoms. The zero-order valence-electron chi connectivity index (χ0n) is 4.91. The van der Waals surface area contributed by atoms with Crippen LogP contribution in [0.2, 0.25) is 0 Å². The molecule has 1 nitrogen and oxygen atoms in total. The Morgan fingerprint density at radius 3 is 1.67 bits per heavy atom. The van der Waals surface area contributed by atoms with Crippen LogP contribution in [0, 0.1) is 0 Å². The minimum atomic E-state index is -0.580. The summed E-state index contributed by atoms with van der Waals surface area (Å²) in [6.45, 7) is 0. The first-order valence-electron chi connectivity index (χ1n) is 2.59. The molecule has 0 saturated carbocycles. The molecule has 0 amide bonds. The summed E-state index contributed by atoms with van der Waals surface area (Å²) < 4.78 is 0. The van der Waals surface area contributed by atoms with Crippen LogP contribution in [0.4, 0.5) is 0 Å². The molecular weight excluding hydrogens is 316 g/mol. The molecule has 0 fully saturated rings. The van der Waals surface area contributed by atoms with Gasteiger partial charge < -0.3 is 5.11 Å². The quantitative estimate of drug-likeness (QED) is 0.787. The van der Waals surface area contributed by atoms with E-state index in [2.05, 4.69) is 47.8 Å². The fourth-order valence-electron chi connectivity index (χ4n) is 0.345. The van der Waals surface area contributed by atoms with Crippen molar-refractivity contribution in [3.8, 4) is 0 Å². The Hall–Kier alpha value is 1.40. The zero-order chi connectivity index (χ0) is 7.33. The summed E-state index contributed by atoms with van der Waals surface area (Å²) >= 11 is 9.73. The van der Waals surface area contributed by atoms with Crippen LogP contribution in [0.1, 0.15) is 6.42 Å². The van der Waals surface area contributed by atoms with Crippen LogP contribution in [-0.2, 0) is 0 Å². The van der Waals surface area contributed by atoms with Gasteiger partial charge in [-0.05, 0) is 6.42 Å². The SMILES string of the molecule is OC(CBr)(CBr)CCBr. The molecule has 4 heteroatoms. The van der Waals surface area contributed by atoms with E-state index < -0.39 is 5.60 Å². The molecule has 0 atom stereocenters. The van der Waals surface area contributed by atoms with E-state index in [1.165, 1.54) is 0 Å². The van der Waals surface area contributed by atoms with Crippen molar-refractivity contribution in [1.82, 2.24) is 0 Å². The third-order valence-corrected chi connectivity index (χ3v) is 3.54. The molecular formula is C5H9Br3O. The van der Waals surface area contributed by atoms with Crippen LogP contribution < -0.4 is 0 Å². The number of hydrogen-bond acceptors (Lipinski definition) is 1. The summed E-state index contributed by atoms with van der Waals surface area (Å²) in [5.74, 6) is 0. The van der Waals surface area contributed by atoms with Gasteiger partial charge in [-0.3, -0.25) is 0 Å². The van der Waals surface area contributed by atoms with E-state index in [0.717, 1.165) is 11.8 Å². The molecule has 56 valence electrons. The molecule has 1 N–H and O–H groups in total. The van der Waals surface area contributed by atoms with E-state index in [4.69, 9.17) is 0 Å². The number of halogens is 3. The van der Waals surface area contributed by atoms with Gasteiger partial charge in [0.2, 0.25) is 0 Å². The highest BCUT2D eigenvalue weighted by atomic mass is 79.9. The Kier molecular flexibility index (Phi) is 5.90. The molecule has 0 aliphatic rings. The number of alkyl halides is 3. The van der Waals surface area contributed by atoms with E-state index in [9.17, 15) is 5.11 Å². The largest absolute Gasteiger partial charge is 0.388 e. The van der Waals surface area contributed by atoms with Gasteiger partial charge in [0.25, 0.3) is 0 Å². The monoisotopic (exact) mass is 322 g/mol. The second-order valence-corrected chi connectivity index (χ2v) is 3.85. The topological polar surface area (TPSA) is 20.2 Å². The van der Waals surface area contributed by atoms with E-state index >= 15 is 0 Å². The average Bonchev–Trinajstić information content (AvgIpc) is 1.89. The van der Waals surface area contributed by atoms with E-state index in [-0.39, 0.29) is 0 Å². The minimum absolute atomic E-state index is 0.580. The lowest BCUT2D eigenvalue weighted by Gasteiger charge is -2.21. The van der Waals surface area contributed by atoms with Crippen LogP contribution in [0.15, 0.2) is 0 Å². The fourth-order valence-corrected chi connectivity index (χ4v) is 2.57. The average molecular weight is 325 g/mol. The zero-order valence-corrected chi connectivity index (χ0v) is 9.67. The second kappa shape index (κ2) is 5.10. The molecule has 0 aliphatic heterocycles. The van der Waals surface area contributed by atoms with Crippen molar-refractivity contribution in [3.05, 3.63) is 0 Å². The normalized spacial score (nSPS) is 12.0. The number of rotatable bonds is 4. The Morgan fingerprint density at radius 1 is 1.11 bits per heavy atom. The minimum Gasteiger partial charge on any atom is -0.388 e. The van der Waals surface area contributed by atoms with Crippen molar-refractivity contribution < 1.29 is 5.11 Å². The highest BCUT2D eigenvalue weighted by Crippen LogP contribution is 2.17. The molecule has 0 unspecified atom stereocenters. The molecule has 0 aliphatic carbocycles. The van der Waals surface area contributed by atoms with Crippen LogP contribution in [0.5, 0.6) is 0 Å². The highest BCUT2D eigenvalue weighted by Gasteiger charge is 2.22. The van der Waals surface area contributed by atoms with Crippen LogP contribution in [-0.4, -0.2) is 26.7 Å². The van der Waals surface area contributed by atoms with Crippen LogP contribution >= 0.6 is 47.8 Å². The van der Waals surface area contributed by atoms with E-state index in [1.54, 1.807) is 0 Å². The highest BCUT2D eigenvalue weighted by molar-refractivity contribution is 9.10. The third kappa shape index (κ3) is 3.96. The predicted octanol–water partition coefficient (Wildman–Crippen LogP) is 2.29. The standard InChI is InChI=1S/C5H9Br3O/c6-2-1-5(9,3-7)4-8/h9H,1-4H2. The molecule has 0 rings (SSSR count). The molecule has 0 aromatic rings. The molecule has 0 heterocycles. The first-order chi connectivity index (χ1) is 4.18. The Morgan fingerprint density at radius 2 is 1.56 bits per heavy atom. The predicted molar refractivity (Wildman–Crippen MR) is 50.9 cm³/mol. The number of aliphatic hydroxyl groups is 1. The Balaban J connectivity index is 3.62. The van der Waals surface area contributed by atoms with Crippen molar-refractivity contribution >= 4 is 47.8 Å². The first-order valence-corrected chi connectivity index (χ1v) is 5.95. The summed E-state index contributed by atoms with van der Waals surface area (Å²) in [7, 11) is 0. The van der Waals surface area contributed by atoms with Crippen LogP contribution in [0.3, 0.4) is 0 Å².